The van der Waals surface area contributed by atoms with E-state index in [1.54, 1.807) is 0 Å². The van der Waals surface area contributed by atoms with Crippen molar-refractivity contribution in [2.24, 2.45) is 0 Å². The first-order valence-corrected chi connectivity index (χ1v) is 3.39. The molecule has 66 valence electrons. The van der Waals surface area contributed by atoms with Gasteiger partial charge in [0.2, 0.25) is 0 Å². The van der Waals surface area contributed by atoms with Crippen molar-refractivity contribution < 1.29 is 8.78 Å². The Morgan fingerprint density at radius 1 is 1.42 bits per heavy atom. The summed E-state index contributed by atoms with van der Waals surface area (Å²) in [5.41, 5.74) is 10.0. The van der Waals surface area contributed by atoms with Crippen LogP contribution in [0.1, 0.15) is 12.1 Å². The molecular formula is C6H6ClF2N3. The fourth-order valence-electron chi connectivity index (χ4n) is 0.703. The summed E-state index contributed by atoms with van der Waals surface area (Å²) in [5.74, 6) is -0.174. The van der Waals surface area contributed by atoms with Crippen molar-refractivity contribution in [3.8, 4) is 0 Å². The van der Waals surface area contributed by atoms with Gasteiger partial charge in [0.1, 0.15) is 16.5 Å². The van der Waals surface area contributed by atoms with Gasteiger partial charge in [0.15, 0.2) is 0 Å². The lowest BCUT2D eigenvalue weighted by Gasteiger charge is -2.04. The first-order valence-electron chi connectivity index (χ1n) is 3.02. The Bertz CT molecular complexity index is 280. The number of nitrogens with zero attached hydrogens (tertiary/aromatic N) is 1. The van der Waals surface area contributed by atoms with E-state index in [4.69, 9.17) is 23.1 Å². The third kappa shape index (κ3) is 1.55. The summed E-state index contributed by atoms with van der Waals surface area (Å²) in [6.07, 6.45) is -2.69. The fourth-order valence-corrected chi connectivity index (χ4v) is 0.800. The summed E-state index contributed by atoms with van der Waals surface area (Å²) < 4.78 is 24.1. The lowest BCUT2D eigenvalue weighted by molar-refractivity contribution is 0.146. The van der Waals surface area contributed by atoms with Gasteiger partial charge in [-0.05, 0) is 6.07 Å². The number of halogens is 3. The van der Waals surface area contributed by atoms with E-state index in [9.17, 15) is 8.78 Å². The highest BCUT2D eigenvalue weighted by Gasteiger charge is 2.12. The van der Waals surface area contributed by atoms with Gasteiger partial charge in [0.25, 0.3) is 6.43 Å². The third-order valence-electron chi connectivity index (χ3n) is 1.25. The second-order valence-electron chi connectivity index (χ2n) is 2.14. The topological polar surface area (TPSA) is 64.9 Å². The summed E-state index contributed by atoms with van der Waals surface area (Å²) in [4.78, 5) is 3.35. The largest absolute Gasteiger partial charge is 0.397 e. The Morgan fingerprint density at radius 2 is 2.00 bits per heavy atom. The monoisotopic (exact) mass is 193 g/mol. The number of aromatic nitrogens is 1. The first-order chi connectivity index (χ1) is 5.52. The molecule has 0 radical (unpaired) electrons. The minimum atomic E-state index is -2.69. The third-order valence-corrected chi connectivity index (χ3v) is 1.67. The Kier molecular flexibility index (Phi) is 2.32. The molecule has 0 atom stereocenters. The molecule has 1 aromatic rings. The molecule has 0 amide bonds. The maximum atomic E-state index is 12.0. The molecular weight excluding hydrogens is 188 g/mol. The lowest BCUT2D eigenvalue weighted by Crippen LogP contribution is -2.00. The van der Waals surface area contributed by atoms with E-state index in [0.717, 1.165) is 6.07 Å². The first kappa shape index (κ1) is 8.99. The van der Waals surface area contributed by atoms with Crippen molar-refractivity contribution >= 4 is 23.1 Å². The van der Waals surface area contributed by atoms with Crippen LogP contribution < -0.4 is 11.5 Å². The quantitative estimate of drug-likeness (QED) is 0.715. The molecule has 3 nitrogen and oxygen atoms in total. The molecule has 4 N–H and O–H groups in total. The molecule has 0 aromatic carbocycles. The van der Waals surface area contributed by atoms with Crippen LogP contribution in [0.5, 0.6) is 0 Å². The molecule has 1 aromatic heterocycles. The molecule has 0 spiro atoms. The zero-order valence-corrected chi connectivity index (χ0v) is 6.65. The molecule has 12 heavy (non-hydrogen) atoms. The van der Waals surface area contributed by atoms with E-state index < -0.39 is 12.1 Å². The second kappa shape index (κ2) is 3.10. The van der Waals surface area contributed by atoms with Crippen LogP contribution in [0.4, 0.5) is 20.3 Å². The Balaban J connectivity index is 3.21. The van der Waals surface area contributed by atoms with Gasteiger partial charge in [0.05, 0.1) is 5.69 Å². The summed E-state index contributed by atoms with van der Waals surface area (Å²) >= 11 is 5.50. The average molecular weight is 194 g/mol. The predicted molar refractivity (Wildman–Crippen MR) is 43.0 cm³/mol. The van der Waals surface area contributed by atoms with E-state index >= 15 is 0 Å². The van der Waals surface area contributed by atoms with Gasteiger partial charge in [-0.25, -0.2) is 13.8 Å². The number of anilines is 2. The van der Waals surface area contributed by atoms with E-state index in [-0.39, 0.29) is 16.5 Å². The molecule has 0 aliphatic rings. The van der Waals surface area contributed by atoms with Gasteiger partial charge >= 0.3 is 0 Å². The Morgan fingerprint density at radius 3 is 2.42 bits per heavy atom. The molecule has 0 unspecified atom stereocenters. The molecule has 1 heterocycles. The molecule has 0 saturated heterocycles. The number of alkyl halides is 2. The molecule has 0 bridgehead atoms. The van der Waals surface area contributed by atoms with Gasteiger partial charge in [-0.1, -0.05) is 11.6 Å². The summed E-state index contributed by atoms with van der Waals surface area (Å²) in [6, 6.07) is 1.00. The van der Waals surface area contributed by atoms with Crippen molar-refractivity contribution in [2.45, 2.75) is 6.43 Å². The molecule has 1 rings (SSSR count). The maximum absolute atomic E-state index is 12.0. The summed E-state index contributed by atoms with van der Waals surface area (Å²) in [7, 11) is 0. The van der Waals surface area contributed by atoms with Crippen molar-refractivity contribution in [3.05, 3.63) is 16.8 Å². The molecule has 6 heteroatoms. The minimum absolute atomic E-state index is 0.0133. The highest BCUT2D eigenvalue weighted by atomic mass is 35.5. The molecule has 0 saturated carbocycles. The smallest absolute Gasteiger partial charge is 0.280 e. The van der Waals surface area contributed by atoms with Gasteiger partial charge < -0.3 is 11.5 Å². The zero-order valence-electron chi connectivity index (χ0n) is 5.89. The Hall–Kier alpha value is -1.10. The Labute approximate surface area is 72.3 Å². The SMILES string of the molecule is Nc1cc(C(F)F)nc(N)c1Cl. The number of hydrogen-bond donors (Lipinski definition) is 2. The number of nitrogen functional groups attached to an aromatic ring is 2. The number of nitrogens with two attached hydrogens (primary N) is 2. The summed E-state index contributed by atoms with van der Waals surface area (Å²) in [5, 5.41) is 0.0133. The van der Waals surface area contributed by atoms with E-state index in [1.807, 2.05) is 0 Å². The van der Waals surface area contributed by atoms with Crippen LogP contribution in [0, 0.1) is 0 Å². The molecule has 0 fully saturated rings. The van der Waals surface area contributed by atoms with Gasteiger partial charge in [-0.15, -0.1) is 0 Å². The van der Waals surface area contributed by atoms with Crippen LogP contribution >= 0.6 is 11.6 Å². The van der Waals surface area contributed by atoms with Crippen molar-refractivity contribution in [3.63, 3.8) is 0 Å². The van der Waals surface area contributed by atoms with Gasteiger partial charge in [-0.2, -0.15) is 0 Å². The van der Waals surface area contributed by atoms with Gasteiger partial charge in [-0.3, -0.25) is 0 Å². The number of hydrogen-bond acceptors (Lipinski definition) is 3. The molecule has 0 aliphatic heterocycles. The van der Waals surface area contributed by atoms with Crippen LogP contribution in [0.25, 0.3) is 0 Å². The minimum Gasteiger partial charge on any atom is -0.397 e. The lowest BCUT2D eigenvalue weighted by atomic mass is 10.3. The highest BCUT2D eigenvalue weighted by molar-refractivity contribution is 6.35. The van der Waals surface area contributed by atoms with Crippen LogP contribution in [-0.4, -0.2) is 4.98 Å². The normalized spacial score (nSPS) is 10.7. The van der Waals surface area contributed by atoms with Crippen molar-refractivity contribution in [1.82, 2.24) is 4.98 Å². The highest BCUT2D eigenvalue weighted by Crippen LogP contribution is 2.28. The van der Waals surface area contributed by atoms with Gasteiger partial charge in [0, 0.05) is 0 Å². The van der Waals surface area contributed by atoms with Crippen LogP contribution in [-0.2, 0) is 0 Å². The standard InChI is InChI=1S/C6H6ClF2N3/c7-4-2(10)1-3(5(8)9)12-6(4)11/h1,5H,(H4,10,11,12). The maximum Gasteiger partial charge on any atom is 0.280 e. The van der Waals surface area contributed by atoms with Crippen molar-refractivity contribution in [1.29, 1.82) is 0 Å². The van der Waals surface area contributed by atoms with Crippen molar-refractivity contribution in [2.75, 3.05) is 11.5 Å². The van der Waals surface area contributed by atoms with E-state index in [2.05, 4.69) is 4.98 Å². The predicted octanol–water partition coefficient (Wildman–Crippen LogP) is 1.84. The van der Waals surface area contributed by atoms with E-state index in [1.165, 1.54) is 0 Å². The second-order valence-corrected chi connectivity index (χ2v) is 2.51. The number of rotatable bonds is 1. The van der Waals surface area contributed by atoms with Crippen LogP contribution in [0.15, 0.2) is 6.07 Å². The summed E-state index contributed by atoms with van der Waals surface area (Å²) in [6.45, 7) is 0. The van der Waals surface area contributed by atoms with Crippen LogP contribution in [0.3, 0.4) is 0 Å². The fraction of sp³-hybridized carbons (Fsp3) is 0.167. The average Bonchev–Trinajstić information content (AvgIpc) is 1.99. The number of pyridine rings is 1. The van der Waals surface area contributed by atoms with E-state index in [0.29, 0.717) is 0 Å². The zero-order chi connectivity index (χ0) is 9.30. The molecule has 0 aliphatic carbocycles. The van der Waals surface area contributed by atoms with Crippen LogP contribution in [0.2, 0.25) is 5.02 Å².